The lowest BCUT2D eigenvalue weighted by Crippen LogP contribution is -2.72. The predicted octanol–water partition coefficient (Wildman–Crippen LogP) is 2.77. The van der Waals surface area contributed by atoms with E-state index in [1.165, 1.54) is 7.11 Å². The maximum atomic E-state index is 13.7. The summed E-state index contributed by atoms with van der Waals surface area (Å²) in [5.41, 5.74) is -2.11. The minimum atomic E-state index is -1.53. The van der Waals surface area contributed by atoms with Crippen LogP contribution in [-0.2, 0) is 9.53 Å². The van der Waals surface area contributed by atoms with Crippen molar-refractivity contribution in [1.29, 1.82) is 0 Å². The van der Waals surface area contributed by atoms with Crippen LogP contribution in [0.15, 0.2) is 29.8 Å². The van der Waals surface area contributed by atoms with Gasteiger partial charge in [0.15, 0.2) is 11.4 Å². The Morgan fingerprint density at radius 2 is 2.00 bits per heavy atom. The van der Waals surface area contributed by atoms with E-state index in [9.17, 15) is 14.4 Å². The number of hydrogen-bond donors (Lipinski definition) is 0. The number of Topliss-reactive ketones (excluding diaryl/α,β-unsaturated/α-hetero) is 2. The normalized spacial score (nSPS) is 42.2. The lowest BCUT2D eigenvalue weighted by Gasteiger charge is -2.61. The van der Waals surface area contributed by atoms with E-state index < -0.39 is 16.6 Å². The molecule has 2 fully saturated rings. The Morgan fingerprint density at radius 1 is 1.23 bits per heavy atom. The zero-order valence-corrected chi connectivity index (χ0v) is 15.0. The van der Waals surface area contributed by atoms with E-state index in [0.717, 1.165) is 19.1 Å². The van der Waals surface area contributed by atoms with Gasteiger partial charge in [0.1, 0.15) is 12.0 Å². The van der Waals surface area contributed by atoms with Gasteiger partial charge in [-0.15, -0.1) is 0 Å². The Labute approximate surface area is 151 Å². The number of carbonyl (C=O) groups is 3. The van der Waals surface area contributed by atoms with Gasteiger partial charge in [0.05, 0.1) is 18.1 Å². The van der Waals surface area contributed by atoms with Crippen LogP contribution in [0, 0.1) is 17.3 Å². The fraction of sp³-hybridized carbons (Fsp3) is 0.476. The SMILES string of the molecule is COc1ccc2c(c1)C(=O)C13OC4(C)CCC(C4C=C1C2=O)C3(C)C=O. The molecule has 5 nitrogen and oxygen atoms in total. The lowest BCUT2D eigenvalue weighted by atomic mass is 9.49. The molecule has 1 spiro atoms. The largest absolute Gasteiger partial charge is 0.497 e. The van der Waals surface area contributed by atoms with Crippen LogP contribution in [0.3, 0.4) is 0 Å². The highest BCUT2D eigenvalue weighted by Crippen LogP contribution is 2.68. The third-order valence-electron chi connectivity index (χ3n) is 7.26. The quantitative estimate of drug-likeness (QED) is 0.766. The number of ether oxygens (including phenoxy) is 2. The molecule has 5 aliphatic rings. The zero-order valence-electron chi connectivity index (χ0n) is 15.0. The molecule has 4 bridgehead atoms. The molecule has 1 aromatic rings. The van der Waals surface area contributed by atoms with Crippen LogP contribution in [-0.4, -0.2) is 36.2 Å². The van der Waals surface area contributed by atoms with Gasteiger partial charge in [-0.05, 0) is 50.8 Å². The van der Waals surface area contributed by atoms with Crippen LogP contribution < -0.4 is 4.74 Å². The van der Waals surface area contributed by atoms with Gasteiger partial charge < -0.3 is 14.3 Å². The summed E-state index contributed by atoms with van der Waals surface area (Å²) < 4.78 is 11.7. The zero-order chi connectivity index (χ0) is 18.5. The third-order valence-corrected chi connectivity index (χ3v) is 7.26. The van der Waals surface area contributed by atoms with Gasteiger partial charge in [-0.25, -0.2) is 0 Å². The van der Waals surface area contributed by atoms with E-state index in [1.54, 1.807) is 25.1 Å². The van der Waals surface area contributed by atoms with Gasteiger partial charge in [-0.1, -0.05) is 6.08 Å². The summed E-state index contributed by atoms with van der Waals surface area (Å²) in [5.74, 6) is -0.0383. The topological polar surface area (TPSA) is 69.7 Å². The van der Waals surface area contributed by atoms with E-state index in [0.29, 0.717) is 16.9 Å². The summed E-state index contributed by atoms with van der Waals surface area (Å²) in [5, 5.41) is 0. The molecule has 1 aromatic carbocycles. The number of hydrogen-bond acceptors (Lipinski definition) is 5. The van der Waals surface area contributed by atoms with Gasteiger partial charge in [0.2, 0.25) is 5.78 Å². The summed E-state index contributed by atoms with van der Waals surface area (Å²) >= 11 is 0. The van der Waals surface area contributed by atoms with Crippen molar-refractivity contribution in [3.63, 3.8) is 0 Å². The van der Waals surface area contributed by atoms with E-state index in [1.807, 2.05) is 13.0 Å². The van der Waals surface area contributed by atoms with E-state index in [2.05, 4.69) is 0 Å². The molecule has 0 radical (unpaired) electrons. The Morgan fingerprint density at radius 3 is 2.69 bits per heavy atom. The first-order chi connectivity index (χ1) is 12.3. The van der Waals surface area contributed by atoms with Crippen LogP contribution in [0.5, 0.6) is 5.75 Å². The lowest BCUT2D eigenvalue weighted by molar-refractivity contribution is -0.219. The van der Waals surface area contributed by atoms with Gasteiger partial charge >= 0.3 is 0 Å². The number of ketones is 2. The molecule has 2 aliphatic heterocycles. The minimum Gasteiger partial charge on any atom is -0.497 e. The third kappa shape index (κ3) is 1.43. The molecule has 6 rings (SSSR count). The van der Waals surface area contributed by atoms with Crippen LogP contribution in [0.1, 0.15) is 47.4 Å². The van der Waals surface area contributed by atoms with Crippen molar-refractivity contribution in [3.05, 3.63) is 41.0 Å². The Bertz CT molecular complexity index is 930. The maximum Gasteiger partial charge on any atom is 0.201 e. The van der Waals surface area contributed by atoms with Crippen LogP contribution in [0.4, 0.5) is 0 Å². The van der Waals surface area contributed by atoms with E-state index in [4.69, 9.17) is 9.47 Å². The molecular formula is C21H20O5. The summed E-state index contributed by atoms with van der Waals surface area (Å²) in [6.07, 6.45) is 4.37. The number of carbonyl (C=O) groups excluding carboxylic acids is 3. The minimum absolute atomic E-state index is 0.00593. The highest BCUT2D eigenvalue weighted by molar-refractivity contribution is 6.28. The van der Waals surface area contributed by atoms with Gasteiger partial charge in [0.25, 0.3) is 0 Å². The number of aldehydes is 1. The first kappa shape index (κ1) is 15.9. The molecule has 5 heteroatoms. The van der Waals surface area contributed by atoms with Crippen LogP contribution >= 0.6 is 0 Å². The molecule has 26 heavy (non-hydrogen) atoms. The Kier molecular flexibility index (Phi) is 2.77. The molecule has 0 N–H and O–H groups in total. The molecule has 0 aromatic heterocycles. The molecular weight excluding hydrogens is 332 g/mol. The fourth-order valence-electron chi connectivity index (χ4n) is 5.85. The van der Waals surface area contributed by atoms with Gasteiger partial charge in [-0.3, -0.25) is 9.59 Å². The van der Waals surface area contributed by atoms with Gasteiger partial charge in [0, 0.05) is 22.6 Å². The molecule has 134 valence electrons. The first-order valence-corrected chi connectivity index (χ1v) is 8.99. The second kappa shape index (κ2) is 4.52. The average Bonchev–Trinajstić information content (AvgIpc) is 2.95. The second-order valence-electron chi connectivity index (χ2n) is 8.32. The van der Waals surface area contributed by atoms with E-state index in [-0.39, 0.29) is 29.0 Å². The average molecular weight is 352 g/mol. The highest BCUT2D eigenvalue weighted by atomic mass is 16.5. The van der Waals surface area contributed by atoms with Crippen molar-refractivity contribution in [2.45, 2.75) is 37.9 Å². The van der Waals surface area contributed by atoms with Crippen molar-refractivity contribution >= 4 is 17.9 Å². The maximum absolute atomic E-state index is 13.7. The number of rotatable bonds is 2. The van der Waals surface area contributed by atoms with Crippen molar-refractivity contribution in [2.75, 3.05) is 7.11 Å². The van der Waals surface area contributed by atoms with E-state index >= 15 is 0 Å². The predicted molar refractivity (Wildman–Crippen MR) is 92.3 cm³/mol. The summed E-state index contributed by atoms with van der Waals surface area (Å²) in [6.45, 7) is 3.78. The molecule has 5 unspecified atom stereocenters. The molecule has 2 heterocycles. The first-order valence-electron chi connectivity index (χ1n) is 8.99. The molecule has 3 aliphatic carbocycles. The van der Waals surface area contributed by atoms with Crippen LogP contribution in [0.2, 0.25) is 0 Å². The van der Waals surface area contributed by atoms with Crippen molar-refractivity contribution in [1.82, 2.24) is 0 Å². The van der Waals surface area contributed by atoms with Crippen molar-refractivity contribution < 1.29 is 23.9 Å². The molecule has 0 amide bonds. The smallest absolute Gasteiger partial charge is 0.201 e. The summed E-state index contributed by atoms with van der Waals surface area (Å²) in [6, 6.07) is 4.88. The monoisotopic (exact) mass is 352 g/mol. The van der Waals surface area contributed by atoms with Crippen molar-refractivity contribution in [3.8, 4) is 5.75 Å². The molecule has 5 atom stereocenters. The number of benzene rings is 1. The van der Waals surface area contributed by atoms with Gasteiger partial charge in [-0.2, -0.15) is 0 Å². The number of fused-ring (bicyclic) bond motifs is 1. The second-order valence-corrected chi connectivity index (χ2v) is 8.32. The van der Waals surface area contributed by atoms with Crippen molar-refractivity contribution in [2.24, 2.45) is 17.3 Å². The van der Waals surface area contributed by atoms with Crippen LogP contribution in [0.25, 0.3) is 0 Å². The molecule has 1 saturated heterocycles. The molecule has 1 saturated carbocycles. The fourth-order valence-corrected chi connectivity index (χ4v) is 5.85. The summed E-state index contributed by atoms with van der Waals surface area (Å²) in [7, 11) is 1.51. The summed E-state index contributed by atoms with van der Waals surface area (Å²) in [4.78, 5) is 39.3. The Hall–Kier alpha value is -2.27. The Balaban J connectivity index is 1.85. The standard InChI is InChI=1S/C21H20O5/c1-19(10-22)14-6-7-20(2)15(14)9-16-17(23)12-5-4-11(25-3)8-13(12)18(24)21(16,19)26-20/h4-5,8-10,14-15H,6-7H2,1-3H3. The number of methoxy groups -OCH3 is 1. The highest BCUT2D eigenvalue weighted by Gasteiger charge is 2.76.